The van der Waals surface area contributed by atoms with Crippen molar-refractivity contribution in [2.24, 2.45) is 0 Å². The molecule has 1 amide bonds. The van der Waals surface area contributed by atoms with Crippen LogP contribution in [0.3, 0.4) is 0 Å². The van der Waals surface area contributed by atoms with Crippen LogP contribution in [0, 0.1) is 0 Å². The van der Waals surface area contributed by atoms with E-state index >= 15 is 0 Å². The fourth-order valence-electron chi connectivity index (χ4n) is 1.16. The average molecular weight is 286 g/mol. The minimum absolute atomic E-state index is 0.0569. The molecule has 0 unspecified atom stereocenters. The zero-order valence-corrected chi connectivity index (χ0v) is 10.00. The quantitative estimate of drug-likeness (QED) is 0.827. The van der Waals surface area contributed by atoms with Crippen LogP contribution in [-0.2, 0) is 9.53 Å². The fraction of sp³-hybridized carbons (Fsp3) is 0.222. The van der Waals surface area contributed by atoms with E-state index in [2.05, 4.69) is 37.8 Å². The summed E-state index contributed by atoms with van der Waals surface area (Å²) < 4.78 is 10.5. The van der Waals surface area contributed by atoms with Crippen LogP contribution in [0.5, 0.6) is 5.88 Å². The van der Waals surface area contributed by atoms with E-state index in [1.165, 1.54) is 7.11 Å². The first-order valence-electron chi connectivity index (χ1n) is 4.35. The lowest BCUT2D eigenvalue weighted by atomic mass is 10.4. The molecule has 1 aromatic rings. The molecule has 0 bridgehead atoms. The Bertz CT molecular complexity index is 475. The number of halogens is 1. The minimum atomic E-state index is -0.266. The Balaban J connectivity index is 2.46. The number of carbonyl (C=O) groups is 1. The Morgan fingerprint density at radius 2 is 2.38 bits per heavy atom. The van der Waals surface area contributed by atoms with Crippen LogP contribution in [0.4, 0.5) is 5.82 Å². The third-order valence-corrected chi connectivity index (χ3v) is 2.48. The summed E-state index contributed by atoms with van der Waals surface area (Å²) in [6.07, 6.45) is 0. The highest BCUT2D eigenvalue weighted by Gasteiger charge is 2.22. The van der Waals surface area contributed by atoms with Crippen LogP contribution in [0.25, 0.3) is 5.76 Å². The molecule has 7 heteroatoms. The molecule has 0 saturated heterocycles. The maximum absolute atomic E-state index is 11.1. The number of hydrogen-bond donors (Lipinski definition) is 1. The molecule has 0 radical (unpaired) electrons. The van der Waals surface area contributed by atoms with E-state index in [0.717, 1.165) is 0 Å². The molecule has 0 aromatic carbocycles. The van der Waals surface area contributed by atoms with Crippen molar-refractivity contribution in [3.8, 4) is 5.88 Å². The van der Waals surface area contributed by atoms with Crippen molar-refractivity contribution < 1.29 is 14.3 Å². The summed E-state index contributed by atoms with van der Waals surface area (Å²) in [6, 6.07) is 0. The molecular formula is C9H8BrN3O3. The van der Waals surface area contributed by atoms with Gasteiger partial charge in [-0.05, 0) is 15.9 Å². The standard InChI is InChI=1S/C9H8BrN3O3/c1-4(15-2)6-7(10)13-9-8(12-6)11-5(14)3-16-9/h1,3H2,2H3,(H,11,12,14). The van der Waals surface area contributed by atoms with Crippen LogP contribution in [0.2, 0.25) is 0 Å². The summed E-state index contributed by atoms with van der Waals surface area (Å²) in [5.41, 5.74) is 0.423. The van der Waals surface area contributed by atoms with E-state index in [0.29, 0.717) is 16.1 Å². The fourth-order valence-corrected chi connectivity index (χ4v) is 1.63. The van der Waals surface area contributed by atoms with Gasteiger partial charge >= 0.3 is 0 Å². The number of hydrogen-bond acceptors (Lipinski definition) is 5. The number of aromatic nitrogens is 2. The topological polar surface area (TPSA) is 73.3 Å². The Labute approximate surface area is 99.8 Å². The Morgan fingerprint density at radius 3 is 3.06 bits per heavy atom. The van der Waals surface area contributed by atoms with Crippen molar-refractivity contribution in [3.05, 3.63) is 16.9 Å². The molecular weight excluding hydrogens is 278 g/mol. The lowest BCUT2D eigenvalue weighted by molar-refractivity contribution is -0.118. The molecule has 2 heterocycles. The van der Waals surface area contributed by atoms with Gasteiger partial charge in [-0.2, -0.15) is 0 Å². The molecule has 1 aliphatic heterocycles. The summed E-state index contributed by atoms with van der Waals surface area (Å²) in [6.45, 7) is 3.61. The molecule has 0 atom stereocenters. The third kappa shape index (κ3) is 1.85. The van der Waals surface area contributed by atoms with Gasteiger partial charge in [0.1, 0.15) is 16.1 Å². The number of ether oxygens (including phenoxy) is 2. The molecule has 16 heavy (non-hydrogen) atoms. The Kier molecular flexibility index (Phi) is 2.78. The largest absolute Gasteiger partial charge is 0.495 e. The predicted molar refractivity (Wildman–Crippen MR) is 59.9 cm³/mol. The van der Waals surface area contributed by atoms with Gasteiger partial charge in [0.05, 0.1) is 7.11 Å². The SMILES string of the molecule is C=C(OC)c1nc2c(nc1Br)OCC(=O)N2. The summed E-state index contributed by atoms with van der Waals surface area (Å²) in [4.78, 5) is 19.3. The summed E-state index contributed by atoms with van der Waals surface area (Å²) >= 11 is 3.22. The highest BCUT2D eigenvalue weighted by Crippen LogP contribution is 2.29. The van der Waals surface area contributed by atoms with E-state index in [4.69, 9.17) is 9.47 Å². The van der Waals surface area contributed by atoms with Crippen molar-refractivity contribution in [3.63, 3.8) is 0 Å². The van der Waals surface area contributed by atoms with Crippen LogP contribution in [0.1, 0.15) is 5.69 Å². The first-order chi connectivity index (χ1) is 7.61. The van der Waals surface area contributed by atoms with Gasteiger partial charge in [-0.3, -0.25) is 4.79 Å². The van der Waals surface area contributed by atoms with Gasteiger partial charge in [0, 0.05) is 0 Å². The average Bonchev–Trinajstić information content (AvgIpc) is 2.28. The zero-order chi connectivity index (χ0) is 11.7. The van der Waals surface area contributed by atoms with E-state index in [-0.39, 0.29) is 24.2 Å². The smallest absolute Gasteiger partial charge is 0.263 e. The Morgan fingerprint density at radius 1 is 1.62 bits per heavy atom. The molecule has 1 aromatic heterocycles. The van der Waals surface area contributed by atoms with Crippen LogP contribution < -0.4 is 10.1 Å². The number of nitrogens with one attached hydrogen (secondary N) is 1. The van der Waals surface area contributed by atoms with Gasteiger partial charge in [-0.15, -0.1) is 0 Å². The lowest BCUT2D eigenvalue weighted by Crippen LogP contribution is -2.27. The minimum Gasteiger partial charge on any atom is -0.495 e. The van der Waals surface area contributed by atoms with E-state index < -0.39 is 0 Å². The van der Waals surface area contributed by atoms with Gasteiger partial charge in [0.25, 0.3) is 11.8 Å². The van der Waals surface area contributed by atoms with Gasteiger partial charge in [-0.1, -0.05) is 6.58 Å². The second-order valence-corrected chi connectivity index (χ2v) is 3.73. The van der Waals surface area contributed by atoms with Crippen LogP contribution >= 0.6 is 15.9 Å². The maximum Gasteiger partial charge on any atom is 0.263 e. The molecule has 1 N–H and O–H groups in total. The molecule has 0 spiro atoms. The zero-order valence-electron chi connectivity index (χ0n) is 8.41. The highest BCUT2D eigenvalue weighted by molar-refractivity contribution is 9.10. The molecule has 1 aliphatic rings. The molecule has 0 fully saturated rings. The number of nitrogens with zero attached hydrogens (tertiary/aromatic N) is 2. The van der Waals surface area contributed by atoms with Crippen LogP contribution in [0.15, 0.2) is 11.2 Å². The van der Waals surface area contributed by atoms with Gasteiger partial charge in [-0.25, -0.2) is 9.97 Å². The summed E-state index contributed by atoms with van der Waals surface area (Å²) in [7, 11) is 1.48. The second-order valence-electron chi connectivity index (χ2n) is 2.98. The lowest BCUT2D eigenvalue weighted by Gasteiger charge is -2.17. The van der Waals surface area contributed by atoms with E-state index in [1.54, 1.807) is 0 Å². The van der Waals surface area contributed by atoms with Crippen molar-refractivity contribution in [1.82, 2.24) is 9.97 Å². The van der Waals surface area contributed by atoms with Crippen molar-refractivity contribution in [2.75, 3.05) is 19.0 Å². The van der Waals surface area contributed by atoms with Crippen LogP contribution in [-0.4, -0.2) is 29.6 Å². The number of rotatable bonds is 2. The van der Waals surface area contributed by atoms with E-state index in [9.17, 15) is 4.79 Å². The number of methoxy groups -OCH3 is 1. The molecule has 0 saturated carbocycles. The van der Waals surface area contributed by atoms with E-state index in [1.807, 2.05) is 0 Å². The number of anilines is 1. The molecule has 84 valence electrons. The van der Waals surface area contributed by atoms with Gasteiger partial charge in [0.15, 0.2) is 12.4 Å². The normalized spacial score (nSPS) is 13.5. The monoisotopic (exact) mass is 285 g/mol. The summed E-state index contributed by atoms with van der Waals surface area (Å²) in [5, 5.41) is 2.55. The first-order valence-corrected chi connectivity index (χ1v) is 5.14. The third-order valence-electron chi connectivity index (χ3n) is 1.93. The Hall–Kier alpha value is -1.63. The first kappa shape index (κ1) is 10.9. The van der Waals surface area contributed by atoms with Crippen molar-refractivity contribution >= 4 is 33.4 Å². The predicted octanol–water partition coefficient (Wildman–Crippen LogP) is 1.19. The highest BCUT2D eigenvalue weighted by atomic mass is 79.9. The second kappa shape index (κ2) is 4.09. The molecule has 0 aliphatic carbocycles. The number of fused-ring (bicyclic) bond motifs is 1. The maximum atomic E-state index is 11.1. The molecule has 2 rings (SSSR count). The number of carbonyl (C=O) groups excluding carboxylic acids is 1. The van der Waals surface area contributed by atoms with Crippen molar-refractivity contribution in [1.29, 1.82) is 0 Å². The van der Waals surface area contributed by atoms with Gasteiger partial charge in [0.2, 0.25) is 0 Å². The van der Waals surface area contributed by atoms with Crippen molar-refractivity contribution in [2.45, 2.75) is 0 Å². The van der Waals surface area contributed by atoms with Gasteiger partial charge < -0.3 is 14.8 Å². The summed E-state index contributed by atoms with van der Waals surface area (Å²) in [5.74, 6) is 0.631. The number of amides is 1. The molecule has 6 nitrogen and oxygen atoms in total.